The molecule has 0 aromatic carbocycles. The van der Waals surface area contributed by atoms with Crippen LogP contribution in [-0.4, -0.2) is 33.7 Å². The molecule has 4 heteroatoms. The van der Waals surface area contributed by atoms with Crippen molar-refractivity contribution in [2.75, 3.05) is 13.1 Å². The second-order valence-corrected chi connectivity index (χ2v) is 4.06. The Balaban J connectivity index is 2.89. The van der Waals surface area contributed by atoms with E-state index in [1.54, 1.807) is 4.68 Å². The third-order valence-electron chi connectivity index (χ3n) is 2.84. The van der Waals surface area contributed by atoms with Gasteiger partial charge in [0.15, 0.2) is 0 Å². The lowest BCUT2D eigenvalue weighted by atomic mass is 10.2. The van der Waals surface area contributed by atoms with Crippen LogP contribution in [0.2, 0.25) is 0 Å². The molecule has 0 spiro atoms. The molecule has 0 fully saturated rings. The molecule has 0 aliphatic rings. The topological polar surface area (TPSA) is 38.1 Å². The van der Waals surface area contributed by atoms with Crippen molar-refractivity contribution in [3.63, 3.8) is 0 Å². The van der Waals surface area contributed by atoms with E-state index in [0.29, 0.717) is 0 Å². The highest BCUT2D eigenvalue weighted by molar-refractivity contribution is 5.80. The average molecular weight is 223 g/mol. The van der Waals surface area contributed by atoms with Gasteiger partial charge in [0.1, 0.15) is 6.04 Å². The van der Waals surface area contributed by atoms with E-state index in [4.69, 9.17) is 0 Å². The molecule has 1 amide bonds. The van der Waals surface area contributed by atoms with E-state index in [1.807, 2.05) is 45.6 Å². The summed E-state index contributed by atoms with van der Waals surface area (Å²) in [5, 5.41) is 4.35. The lowest BCUT2D eigenvalue weighted by Gasteiger charge is -2.23. The molecule has 1 aromatic rings. The Hall–Kier alpha value is -1.32. The van der Waals surface area contributed by atoms with E-state index in [1.165, 1.54) is 0 Å². The maximum absolute atomic E-state index is 12.1. The molecule has 90 valence electrons. The van der Waals surface area contributed by atoms with Crippen molar-refractivity contribution >= 4 is 5.91 Å². The summed E-state index contributed by atoms with van der Waals surface area (Å²) in [6.07, 6.45) is 0. The van der Waals surface area contributed by atoms with Crippen molar-refractivity contribution in [2.24, 2.45) is 0 Å². The molecule has 0 N–H and O–H groups in total. The molecule has 0 bridgehead atoms. The number of hydrogen-bond acceptors (Lipinski definition) is 2. The third-order valence-corrected chi connectivity index (χ3v) is 2.84. The van der Waals surface area contributed by atoms with Crippen molar-refractivity contribution in [3.05, 3.63) is 17.5 Å². The van der Waals surface area contributed by atoms with Gasteiger partial charge in [-0.3, -0.25) is 9.48 Å². The zero-order valence-corrected chi connectivity index (χ0v) is 10.8. The standard InChI is InChI=1S/C12H21N3O/c1-6-14(7-2)12(16)11(5)15-10(4)8-9(3)13-15/h8,11H,6-7H2,1-5H3. The minimum atomic E-state index is -0.214. The summed E-state index contributed by atoms with van der Waals surface area (Å²) in [6.45, 7) is 11.3. The molecule has 1 atom stereocenters. The molecule has 0 saturated heterocycles. The van der Waals surface area contributed by atoms with Crippen LogP contribution in [0.15, 0.2) is 6.07 Å². The number of rotatable bonds is 4. The normalized spacial score (nSPS) is 12.6. The van der Waals surface area contributed by atoms with Crippen LogP contribution in [0.5, 0.6) is 0 Å². The summed E-state index contributed by atoms with van der Waals surface area (Å²) in [6, 6.07) is 1.78. The Bertz CT molecular complexity index is 366. The van der Waals surface area contributed by atoms with E-state index < -0.39 is 0 Å². The van der Waals surface area contributed by atoms with Crippen LogP contribution in [0.1, 0.15) is 38.2 Å². The predicted octanol–water partition coefficient (Wildman–Crippen LogP) is 1.93. The Morgan fingerprint density at radius 2 is 2.00 bits per heavy atom. The van der Waals surface area contributed by atoms with Crippen molar-refractivity contribution < 1.29 is 4.79 Å². The number of carbonyl (C=O) groups is 1. The summed E-state index contributed by atoms with van der Waals surface area (Å²) < 4.78 is 1.80. The molecule has 16 heavy (non-hydrogen) atoms. The second kappa shape index (κ2) is 5.14. The number of likely N-dealkylation sites (N-methyl/N-ethyl adjacent to an activating group) is 1. The lowest BCUT2D eigenvalue weighted by Crippen LogP contribution is -2.36. The van der Waals surface area contributed by atoms with Crippen molar-refractivity contribution in [2.45, 2.75) is 40.7 Å². The fourth-order valence-corrected chi connectivity index (χ4v) is 1.94. The molecular formula is C12H21N3O. The predicted molar refractivity (Wildman–Crippen MR) is 64.3 cm³/mol. The summed E-state index contributed by atoms with van der Waals surface area (Å²) in [5.74, 6) is 0.135. The number of nitrogens with zero attached hydrogens (tertiary/aromatic N) is 3. The van der Waals surface area contributed by atoms with Gasteiger partial charge in [-0.2, -0.15) is 5.10 Å². The van der Waals surface area contributed by atoms with Crippen LogP contribution >= 0.6 is 0 Å². The van der Waals surface area contributed by atoms with Gasteiger partial charge in [0.2, 0.25) is 5.91 Å². The lowest BCUT2D eigenvalue weighted by molar-refractivity contribution is -0.134. The van der Waals surface area contributed by atoms with Gasteiger partial charge in [-0.1, -0.05) is 0 Å². The summed E-state index contributed by atoms with van der Waals surface area (Å²) in [7, 11) is 0. The highest BCUT2D eigenvalue weighted by Crippen LogP contribution is 2.13. The first-order chi connectivity index (χ1) is 7.51. The number of hydrogen-bond donors (Lipinski definition) is 0. The molecule has 1 rings (SSSR count). The average Bonchev–Trinajstić information content (AvgIpc) is 2.58. The van der Waals surface area contributed by atoms with Crippen molar-refractivity contribution in [1.82, 2.24) is 14.7 Å². The minimum Gasteiger partial charge on any atom is -0.341 e. The van der Waals surface area contributed by atoms with Crippen LogP contribution < -0.4 is 0 Å². The Labute approximate surface area is 97.2 Å². The van der Waals surface area contributed by atoms with Gasteiger partial charge in [0.25, 0.3) is 0 Å². The van der Waals surface area contributed by atoms with Gasteiger partial charge in [-0.15, -0.1) is 0 Å². The zero-order chi connectivity index (χ0) is 12.3. The van der Waals surface area contributed by atoms with E-state index >= 15 is 0 Å². The SMILES string of the molecule is CCN(CC)C(=O)C(C)n1nc(C)cc1C. The minimum absolute atomic E-state index is 0.135. The van der Waals surface area contributed by atoms with E-state index in [2.05, 4.69) is 5.10 Å². The number of carbonyl (C=O) groups excluding carboxylic acids is 1. The summed E-state index contributed by atoms with van der Waals surface area (Å²) >= 11 is 0. The molecule has 1 heterocycles. The Morgan fingerprint density at radius 3 is 2.38 bits per heavy atom. The van der Waals surface area contributed by atoms with Gasteiger partial charge in [-0.25, -0.2) is 0 Å². The molecule has 1 aromatic heterocycles. The van der Waals surface area contributed by atoms with Gasteiger partial charge >= 0.3 is 0 Å². The molecule has 0 radical (unpaired) electrons. The first-order valence-electron chi connectivity index (χ1n) is 5.82. The highest BCUT2D eigenvalue weighted by Gasteiger charge is 2.21. The Kier molecular flexibility index (Phi) is 4.10. The monoisotopic (exact) mass is 223 g/mol. The first kappa shape index (κ1) is 12.7. The van der Waals surface area contributed by atoms with E-state index in [9.17, 15) is 4.79 Å². The zero-order valence-electron chi connectivity index (χ0n) is 10.8. The van der Waals surface area contributed by atoms with E-state index in [-0.39, 0.29) is 11.9 Å². The van der Waals surface area contributed by atoms with Gasteiger partial charge in [0, 0.05) is 18.8 Å². The molecule has 1 unspecified atom stereocenters. The van der Waals surface area contributed by atoms with Crippen LogP contribution in [0.4, 0.5) is 0 Å². The van der Waals surface area contributed by atoms with E-state index in [0.717, 1.165) is 24.5 Å². The number of aryl methyl sites for hydroxylation is 2. The molecular weight excluding hydrogens is 202 g/mol. The van der Waals surface area contributed by atoms with Crippen LogP contribution in [0, 0.1) is 13.8 Å². The van der Waals surface area contributed by atoms with Crippen LogP contribution in [0.3, 0.4) is 0 Å². The van der Waals surface area contributed by atoms with Gasteiger partial charge < -0.3 is 4.90 Å². The fourth-order valence-electron chi connectivity index (χ4n) is 1.94. The number of aromatic nitrogens is 2. The summed E-state index contributed by atoms with van der Waals surface area (Å²) in [5.41, 5.74) is 1.99. The fraction of sp³-hybridized carbons (Fsp3) is 0.667. The quantitative estimate of drug-likeness (QED) is 0.782. The Morgan fingerprint density at radius 1 is 1.44 bits per heavy atom. The smallest absolute Gasteiger partial charge is 0.247 e. The summed E-state index contributed by atoms with van der Waals surface area (Å²) in [4.78, 5) is 14.0. The van der Waals surface area contributed by atoms with Crippen molar-refractivity contribution in [1.29, 1.82) is 0 Å². The first-order valence-corrected chi connectivity index (χ1v) is 5.82. The highest BCUT2D eigenvalue weighted by atomic mass is 16.2. The molecule has 0 aliphatic carbocycles. The number of amides is 1. The molecule has 4 nitrogen and oxygen atoms in total. The third kappa shape index (κ3) is 2.43. The molecule has 0 saturated carbocycles. The largest absolute Gasteiger partial charge is 0.341 e. The maximum atomic E-state index is 12.1. The maximum Gasteiger partial charge on any atom is 0.247 e. The van der Waals surface area contributed by atoms with Crippen LogP contribution in [-0.2, 0) is 4.79 Å². The molecule has 0 aliphatic heterocycles. The van der Waals surface area contributed by atoms with Crippen molar-refractivity contribution in [3.8, 4) is 0 Å². The van der Waals surface area contributed by atoms with Gasteiger partial charge in [-0.05, 0) is 40.7 Å². The second-order valence-electron chi connectivity index (χ2n) is 4.06. The van der Waals surface area contributed by atoms with Crippen LogP contribution in [0.25, 0.3) is 0 Å². The van der Waals surface area contributed by atoms with Gasteiger partial charge in [0.05, 0.1) is 5.69 Å².